The largest absolute Gasteiger partial charge is 0.477 e. The number of aryl methyl sites for hydroxylation is 1. The normalized spacial score (nSPS) is 13.9. The van der Waals surface area contributed by atoms with Crippen LogP contribution in [-0.4, -0.2) is 28.8 Å². The van der Waals surface area contributed by atoms with Crippen LogP contribution in [0.2, 0.25) is 0 Å². The number of aromatic nitrogens is 2. The van der Waals surface area contributed by atoms with Crippen molar-refractivity contribution in [3.8, 4) is 5.88 Å². The average Bonchev–Trinajstić information content (AvgIpc) is 2.78. The molecule has 0 saturated heterocycles. The van der Waals surface area contributed by atoms with Crippen molar-refractivity contribution in [3.63, 3.8) is 0 Å². The van der Waals surface area contributed by atoms with Gasteiger partial charge in [-0.1, -0.05) is 19.8 Å². The number of rotatable bonds is 5. The molecule has 2 rings (SSSR count). The highest BCUT2D eigenvalue weighted by molar-refractivity contribution is 5.96. The van der Waals surface area contributed by atoms with Crippen molar-refractivity contribution < 1.29 is 9.53 Å². The van der Waals surface area contributed by atoms with E-state index in [1.807, 2.05) is 0 Å². The molecule has 0 aromatic carbocycles. The maximum Gasteiger partial charge on any atom is 0.258 e. The summed E-state index contributed by atoms with van der Waals surface area (Å²) in [6.45, 7) is 4.36. The van der Waals surface area contributed by atoms with Crippen LogP contribution in [0.25, 0.3) is 0 Å². The fourth-order valence-electron chi connectivity index (χ4n) is 1.90. The van der Waals surface area contributed by atoms with E-state index in [2.05, 4.69) is 17.3 Å². The summed E-state index contributed by atoms with van der Waals surface area (Å²) < 4.78 is 7.24. The number of unbranched alkanes of at least 4 members (excludes halogenated alkanes) is 2. The summed E-state index contributed by atoms with van der Waals surface area (Å²) in [7, 11) is 0. The molecule has 1 aromatic rings. The molecule has 2 heterocycles. The zero-order chi connectivity index (χ0) is 12.1. The Morgan fingerprint density at radius 1 is 1.59 bits per heavy atom. The van der Waals surface area contributed by atoms with Gasteiger partial charge in [-0.05, 0) is 6.42 Å². The Balaban J connectivity index is 1.92. The third-order valence-corrected chi connectivity index (χ3v) is 2.85. The van der Waals surface area contributed by atoms with Gasteiger partial charge in [-0.3, -0.25) is 4.79 Å². The number of hydrogen-bond donors (Lipinski definition) is 1. The number of amides is 1. The first-order valence-electron chi connectivity index (χ1n) is 6.29. The van der Waals surface area contributed by atoms with Gasteiger partial charge in [0.2, 0.25) is 5.88 Å². The monoisotopic (exact) mass is 237 g/mol. The first-order valence-corrected chi connectivity index (χ1v) is 6.29. The topological polar surface area (TPSA) is 56.2 Å². The molecule has 0 bridgehead atoms. The second-order valence-electron chi connectivity index (χ2n) is 4.25. The van der Waals surface area contributed by atoms with Crippen LogP contribution in [-0.2, 0) is 6.54 Å². The molecule has 0 unspecified atom stereocenters. The summed E-state index contributed by atoms with van der Waals surface area (Å²) in [5.74, 6) is 0.536. The predicted molar refractivity (Wildman–Crippen MR) is 64.2 cm³/mol. The molecular weight excluding hydrogens is 218 g/mol. The van der Waals surface area contributed by atoms with E-state index in [1.165, 1.54) is 0 Å². The highest BCUT2D eigenvalue weighted by Crippen LogP contribution is 2.21. The molecule has 1 aliphatic heterocycles. The van der Waals surface area contributed by atoms with Crippen LogP contribution in [0.5, 0.6) is 5.88 Å². The van der Waals surface area contributed by atoms with Gasteiger partial charge >= 0.3 is 0 Å². The molecular formula is C12H19N3O2. The van der Waals surface area contributed by atoms with E-state index in [0.717, 1.165) is 38.8 Å². The van der Waals surface area contributed by atoms with Crippen LogP contribution < -0.4 is 10.1 Å². The van der Waals surface area contributed by atoms with Crippen molar-refractivity contribution in [3.05, 3.63) is 11.8 Å². The van der Waals surface area contributed by atoms with E-state index in [9.17, 15) is 4.79 Å². The molecule has 1 aromatic heterocycles. The molecule has 0 aliphatic carbocycles. The SMILES string of the molecule is CCCCCNC(=O)c1cnn2c1OCCC2. The Labute approximate surface area is 101 Å². The van der Waals surface area contributed by atoms with E-state index >= 15 is 0 Å². The van der Waals surface area contributed by atoms with Gasteiger partial charge in [0, 0.05) is 19.5 Å². The molecule has 94 valence electrons. The van der Waals surface area contributed by atoms with Gasteiger partial charge in [0.15, 0.2) is 0 Å². The zero-order valence-corrected chi connectivity index (χ0v) is 10.2. The molecule has 0 saturated carbocycles. The first kappa shape index (κ1) is 12.0. The highest BCUT2D eigenvalue weighted by Gasteiger charge is 2.20. The molecule has 5 nitrogen and oxygen atoms in total. The lowest BCUT2D eigenvalue weighted by atomic mass is 10.2. The van der Waals surface area contributed by atoms with E-state index in [0.29, 0.717) is 18.1 Å². The van der Waals surface area contributed by atoms with Crippen molar-refractivity contribution >= 4 is 5.91 Å². The minimum absolute atomic E-state index is 0.0794. The van der Waals surface area contributed by atoms with E-state index < -0.39 is 0 Å². The number of carbonyl (C=O) groups is 1. The molecule has 0 atom stereocenters. The number of ether oxygens (including phenoxy) is 1. The third kappa shape index (κ3) is 2.78. The van der Waals surface area contributed by atoms with E-state index in [4.69, 9.17) is 4.74 Å². The fourth-order valence-corrected chi connectivity index (χ4v) is 1.90. The molecule has 17 heavy (non-hydrogen) atoms. The maximum absolute atomic E-state index is 11.9. The number of nitrogens with one attached hydrogen (secondary N) is 1. The minimum Gasteiger partial charge on any atom is -0.477 e. The summed E-state index contributed by atoms with van der Waals surface area (Å²) in [5, 5.41) is 7.05. The molecule has 1 amide bonds. The Morgan fingerprint density at radius 3 is 3.29 bits per heavy atom. The van der Waals surface area contributed by atoms with Crippen LogP contribution in [0.4, 0.5) is 0 Å². The van der Waals surface area contributed by atoms with E-state index in [-0.39, 0.29) is 5.91 Å². The number of carbonyl (C=O) groups excluding carboxylic acids is 1. The van der Waals surface area contributed by atoms with Crippen LogP contribution in [0.1, 0.15) is 43.0 Å². The molecule has 0 fully saturated rings. The van der Waals surface area contributed by atoms with E-state index in [1.54, 1.807) is 10.9 Å². The molecule has 0 radical (unpaired) electrons. The Kier molecular flexibility index (Phi) is 4.01. The number of hydrogen-bond acceptors (Lipinski definition) is 3. The van der Waals surface area contributed by atoms with Crippen molar-refractivity contribution in [1.82, 2.24) is 15.1 Å². The van der Waals surface area contributed by atoms with Gasteiger partial charge in [-0.25, -0.2) is 4.68 Å². The second-order valence-corrected chi connectivity index (χ2v) is 4.25. The quantitative estimate of drug-likeness (QED) is 0.791. The van der Waals surface area contributed by atoms with Crippen LogP contribution in [0.3, 0.4) is 0 Å². The lowest BCUT2D eigenvalue weighted by Crippen LogP contribution is -2.25. The summed E-state index contributed by atoms with van der Waals surface area (Å²) in [4.78, 5) is 11.9. The van der Waals surface area contributed by atoms with Gasteiger partial charge in [0.05, 0.1) is 12.8 Å². The lowest BCUT2D eigenvalue weighted by molar-refractivity contribution is 0.0946. The average molecular weight is 237 g/mol. The zero-order valence-electron chi connectivity index (χ0n) is 10.2. The van der Waals surface area contributed by atoms with Gasteiger partial charge in [-0.2, -0.15) is 5.10 Å². The van der Waals surface area contributed by atoms with Crippen molar-refractivity contribution in [2.24, 2.45) is 0 Å². The van der Waals surface area contributed by atoms with Crippen LogP contribution >= 0.6 is 0 Å². The fraction of sp³-hybridized carbons (Fsp3) is 0.667. The second kappa shape index (κ2) is 5.70. The van der Waals surface area contributed by atoms with Crippen molar-refractivity contribution in [1.29, 1.82) is 0 Å². The van der Waals surface area contributed by atoms with Crippen molar-refractivity contribution in [2.75, 3.05) is 13.2 Å². The number of nitrogens with zero attached hydrogens (tertiary/aromatic N) is 2. The summed E-state index contributed by atoms with van der Waals surface area (Å²) in [6.07, 6.45) is 5.86. The summed E-state index contributed by atoms with van der Waals surface area (Å²) in [5.41, 5.74) is 0.557. The van der Waals surface area contributed by atoms with Gasteiger partial charge in [-0.15, -0.1) is 0 Å². The predicted octanol–water partition coefficient (Wildman–Crippen LogP) is 1.59. The van der Waals surface area contributed by atoms with Crippen molar-refractivity contribution in [2.45, 2.75) is 39.2 Å². The number of fused-ring (bicyclic) bond motifs is 1. The van der Waals surface area contributed by atoms with Crippen LogP contribution in [0.15, 0.2) is 6.20 Å². The molecule has 1 aliphatic rings. The standard InChI is InChI=1S/C12H19N3O2/c1-2-3-4-6-13-11(16)10-9-14-15-7-5-8-17-12(10)15/h9H,2-8H2,1H3,(H,13,16). The molecule has 0 spiro atoms. The van der Waals surface area contributed by atoms with Gasteiger partial charge in [0.1, 0.15) is 5.56 Å². The lowest BCUT2D eigenvalue weighted by Gasteiger charge is -2.15. The Bertz CT molecular complexity index is 387. The third-order valence-electron chi connectivity index (χ3n) is 2.85. The van der Waals surface area contributed by atoms with Crippen LogP contribution in [0, 0.1) is 0 Å². The maximum atomic E-state index is 11.9. The summed E-state index contributed by atoms with van der Waals surface area (Å²) in [6, 6.07) is 0. The molecule has 5 heteroatoms. The molecule has 1 N–H and O–H groups in total. The first-order chi connectivity index (χ1) is 8.33. The highest BCUT2D eigenvalue weighted by atomic mass is 16.5. The van der Waals surface area contributed by atoms with Gasteiger partial charge in [0.25, 0.3) is 5.91 Å². The summed E-state index contributed by atoms with van der Waals surface area (Å²) >= 11 is 0. The minimum atomic E-state index is -0.0794. The Hall–Kier alpha value is -1.52. The smallest absolute Gasteiger partial charge is 0.258 e. The Morgan fingerprint density at radius 2 is 2.47 bits per heavy atom. The van der Waals surface area contributed by atoms with Gasteiger partial charge < -0.3 is 10.1 Å².